The zero-order chi connectivity index (χ0) is 14.7. The lowest BCUT2D eigenvalue weighted by Crippen LogP contribution is -2.26. The summed E-state index contributed by atoms with van der Waals surface area (Å²) in [4.78, 5) is 13.8. The van der Waals surface area contributed by atoms with E-state index in [1.165, 1.54) is 0 Å². The third-order valence-corrected chi connectivity index (χ3v) is 3.50. The molecule has 0 saturated carbocycles. The number of ether oxygens (including phenoxy) is 1. The molecule has 106 valence electrons. The van der Waals surface area contributed by atoms with Crippen LogP contribution in [0.5, 0.6) is 0 Å². The molecule has 0 bridgehead atoms. The number of epoxide rings is 1. The number of carbonyl (C=O) groups excluding carboxylic acids is 1. The first kappa shape index (κ1) is 13.6. The molecule has 0 spiro atoms. The van der Waals surface area contributed by atoms with Crippen LogP contribution in [0.1, 0.15) is 17.2 Å². The highest BCUT2D eigenvalue weighted by molar-refractivity contribution is 5.85. The lowest BCUT2D eigenvalue weighted by Gasteiger charge is -2.10. The first-order chi connectivity index (χ1) is 10.3. The minimum absolute atomic E-state index is 0.0176. The Morgan fingerprint density at radius 1 is 1.05 bits per heavy atom. The van der Waals surface area contributed by atoms with E-state index in [2.05, 4.69) is 0 Å². The van der Waals surface area contributed by atoms with Gasteiger partial charge in [0.05, 0.1) is 0 Å². The Labute approximate surface area is 124 Å². The van der Waals surface area contributed by atoms with Gasteiger partial charge in [0.25, 0.3) is 5.91 Å². The fourth-order valence-electron chi connectivity index (χ4n) is 2.23. The first-order valence-electron chi connectivity index (χ1n) is 6.96. The highest BCUT2D eigenvalue weighted by Crippen LogP contribution is 2.39. The number of amides is 1. The zero-order valence-electron chi connectivity index (χ0n) is 11.8. The van der Waals surface area contributed by atoms with Crippen LogP contribution < -0.4 is 0 Å². The van der Waals surface area contributed by atoms with Crippen molar-refractivity contribution in [1.29, 1.82) is 0 Å². The lowest BCUT2D eigenvalue weighted by molar-refractivity contribution is -0.128. The SMILES string of the molecule is CN(/C=C\c1ccccc1)C(=O)[C@H]1O[C@H]1c1ccccc1. The van der Waals surface area contributed by atoms with Crippen LogP contribution in [0.25, 0.3) is 6.08 Å². The molecule has 1 saturated heterocycles. The summed E-state index contributed by atoms with van der Waals surface area (Å²) in [6, 6.07) is 19.7. The number of hydrogen-bond donors (Lipinski definition) is 0. The maximum Gasteiger partial charge on any atom is 0.258 e. The number of likely N-dealkylation sites (N-methyl/N-ethyl adjacent to an activating group) is 1. The molecule has 3 nitrogen and oxygen atoms in total. The van der Waals surface area contributed by atoms with Crippen molar-refractivity contribution >= 4 is 12.0 Å². The number of benzene rings is 2. The quantitative estimate of drug-likeness (QED) is 0.805. The van der Waals surface area contributed by atoms with Gasteiger partial charge in [0.2, 0.25) is 0 Å². The number of nitrogens with zero attached hydrogens (tertiary/aromatic N) is 1. The Balaban J connectivity index is 1.60. The molecule has 1 aliphatic rings. The summed E-state index contributed by atoms with van der Waals surface area (Å²) < 4.78 is 5.51. The summed E-state index contributed by atoms with van der Waals surface area (Å²) in [7, 11) is 1.76. The molecule has 1 heterocycles. The van der Waals surface area contributed by atoms with Crippen LogP contribution in [-0.2, 0) is 9.53 Å². The van der Waals surface area contributed by atoms with Gasteiger partial charge < -0.3 is 9.64 Å². The average Bonchev–Trinajstić information content (AvgIpc) is 3.34. The van der Waals surface area contributed by atoms with E-state index in [1.54, 1.807) is 18.1 Å². The molecule has 0 aliphatic carbocycles. The predicted molar refractivity (Wildman–Crippen MR) is 82.3 cm³/mol. The zero-order valence-corrected chi connectivity index (χ0v) is 11.8. The molecule has 0 aromatic heterocycles. The van der Waals surface area contributed by atoms with Crippen LogP contribution in [0.2, 0.25) is 0 Å². The summed E-state index contributed by atoms with van der Waals surface area (Å²) in [5.74, 6) is -0.0176. The van der Waals surface area contributed by atoms with Crippen molar-refractivity contribution in [3.63, 3.8) is 0 Å². The lowest BCUT2D eigenvalue weighted by atomic mass is 10.1. The standard InChI is InChI=1S/C18H17NO2/c1-19(13-12-14-8-4-2-5-9-14)18(20)17-16(21-17)15-10-6-3-7-11-15/h2-13,16-17H,1H3/b13-12-/t16-,17-/m0/s1. The van der Waals surface area contributed by atoms with E-state index in [4.69, 9.17) is 4.74 Å². The fourth-order valence-corrected chi connectivity index (χ4v) is 2.23. The second kappa shape index (κ2) is 5.94. The van der Waals surface area contributed by atoms with Crippen molar-refractivity contribution in [3.8, 4) is 0 Å². The second-order valence-corrected chi connectivity index (χ2v) is 5.06. The Morgan fingerprint density at radius 2 is 1.67 bits per heavy atom. The largest absolute Gasteiger partial charge is 0.354 e. The van der Waals surface area contributed by atoms with Gasteiger partial charge in [0.15, 0.2) is 6.10 Å². The Hall–Kier alpha value is -2.39. The number of carbonyl (C=O) groups is 1. The van der Waals surface area contributed by atoms with Gasteiger partial charge in [0, 0.05) is 13.2 Å². The molecule has 1 fully saturated rings. The van der Waals surface area contributed by atoms with Gasteiger partial charge in [0.1, 0.15) is 6.10 Å². The number of hydrogen-bond acceptors (Lipinski definition) is 2. The normalized spacial score (nSPS) is 20.4. The molecular formula is C18H17NO2. The molecule has 3 rings (SSSR count). The Bertz CT molecular complexity index is 637. The molecule has 2 aromatic carbocycles. The molecule has 1 aliphatic heterocycles. The van der Waals surface area contributed by atoms with Crippen LogP contribution in [0.3, 0.4) is 0 Å². The van der Waals surface area contributed by atoms with Crippen molar-refractivity contribution in [2.45, 2.75) is 12.2 Å². The highest BCUT2D eigenvalue weighted by atomic mass is 16.6. The van der Waals surface area contributed by atoms with Crippen LogP contribution in [-0.4, -0.2) is 24.0 Å². The summed E-state index contributed by atoms with van der Waals surface area (Å²) in [5, 5.41) is 0. The second-order valence-electron chi connectivity index (χ2n) is 5.06. The van der Waals surface area contributed by atoms with E-state index in [9.17, 15) is 4.79 Å². The van der Waals surface area contributed by atoms with Gasteiger partial charge in [-0.25, -0.2) is 0 Å². The van der Waals surface area contributed by atoms with Gasteiger partial charge in [-0.3, -0.25) is 4.79 Å². The van der Waals surface area contributed by atoms with Crippen molar-refractivity contribution in [2.75, 3.05) is 7.05 Å². The van der Waals surface area contributed by atoms with Gasteiger partial charge in [-0.05, 0) is 17.2 Å². The highest BCUT2D eigenvalue weighted by Gasteiger charge is 2.46. The average molecular weight is 279 g/mol. The Kier molecular flexibility index (Phi) is 3.84. The predicted octanol–water partition coefficient (Wildman–Crippen LogP) is 3.26. The van der Waals surface area contributed by atoms with Crippen molar-refractivity contribution in [2.24, 2.45) is 0 Å². The molecule has 0 unspecified atom stereocenters. The summed E-state index contributed by atoms with van der Waals surface area (Å²) in [6.45, 7) is 0. The van der Waals surface area contributed by atoms with E-state index < -0.39 is 0 Å². The summed E-state index contributed by atoms with van der Waals surface area (Å²) >= 11 is 0. The Morgan fingerprint density at radius 3 is 2.33 bits per heavy atom. The molecule has 0 N–H and O–H groups in total. The smallest absolute Gasteiger partial charge is 0.258 e. The maximum absolute atomic E-state index is 12.3. The molecule has 2 atom stereocenters. The van der Waals surface area contributed by atoms with Crippen LogP contribution >= 0.6 is 0 Å². The van der Waals surface area contributed by atoms with Crippen molar-refractivity contribution in [3.05, 3.63) is 78.0 Å². The van der Waals surface area contributed by atoms with E-state index in [0.717, 1.165) is 11.1 Å². The van der Waals surface area contributed by atoms with Gasteiger partial charge in [-0.2, -0.15) is 0 Å². The molecule has 0 radical (unpaired) electrons. The third kappa shape index (κ3) is 3.20. The van der Waals surface area contributed by atoms with E-state index in [-0.39, 0.29) is 18.1 Å². The summed E-state index contributed by atoms with van der Waals surface area (Å²) in [5.41, 5.74) is 2.12. The number of rotatable bonds is 4. The van der Waals surface area contributed by atoms with Gasteiger partial charge in [-0.15, -0.1) is 0 Å². The molecule has 1 amide bonds. The maximum atomic E-state index is 12.3. The monoisotopic (exact) mass is 279 g/mol. The van der Waals surface area contributed by atoms with Crippen molar-refractivity contribution in [1.82, 2.24) is 4.90 Å². The molecular weight excluding hydrogens is 262 g/mol. The first-order valence-corrected chi connectivity index (χ1v) is 6.96. The molecule has 2 aromatic rings. The van der Waals surface area contributed by atoms with Crippen molar-refractivity contribution < 1.29 is 9.53 Å². The van der Waals surface area contributed by atoms with E-state index in [1.807, 2.05) is 66.7 Å². The van der Waals surface area contributed by atoms with E-state index in [0.29, 0.717) is 0 Å². The van der Waals surface area contributed by atoms with Gasteiger partial charge >= 0.3 is 0 Å². The van der Waals surface area contributed by atoms with Gasteiger partial charge in [-0.1, -0.05) is 60.7 Å². The van der Waals surface area contributed by atoms with Crippen LogP contribution in [0.4, 0.5) is 0 Å². The fraction of sp³-hybridized carbons (Fsp3) is 0.167. The molecule has 3 heteroatoms. The third-order valence-electron chi connectivity index (χ3n) is 3.50. The minimum atomic E-state index is -0.363. The minimum Gasteiger partial charge on any atom is -0.354 e. The van der Waals surface area contributed by atoms with E-state index >= 15 is 0 Å². The molecule has 21 heavy (non-hydrogen) atoms. The van der Waals surface area contributed by atoms with Crippen LogP contribution in [0.15, 0.2) is 66.9 Å². The topological polar surface area (TPSA) is 32.8 Å². The van der Waals surface area contributed by atoms with Crippen LogP contribution in [0, 0.1) is 0 Å². The summed E-state index contributed by atoms with van der Waals surface area (Å²) in [6.07, 6.45) is 3.23.